The van der Waals surface area contributed by atoms with Crippen molar-refractivity contribution in [2.45, 2.75) is 33.1 Å². The van der Waals surface area contributed by atoms with Crippen molar-refractivity contribution in [2.75, 3.05) is 0 Å². The molecule has 0 aliphatic carbocycles. The number of nitrogens with zero attached hydrogens (tertiary/aromatic N) is 3. The predicted molar refractivity (Wildman–Crippen MR) is 83.9 cm³/mol. The summed E-state index contributed by atoms with van der Waals surface area (Å²) in [6, 6.07) is 11.5. The Labute approximate surface area is 124 Å². The Bertz CT molecular complexity index is 777. The van der Waals surface area contributed by atoms with E-state index >= 15 is 0 Å². The largest absolute Gasteiger partial charge is 0.506 e. The van der Waals surface area contributed by atoms with Crippen molar-refractivity contribution in [3.05, 3.63) is 47.5 Å². The Morgan fingerprint density at radius 3 is 2.81 bits per heavy atom. The van der Waals surface area contributed by atoms with E-state index in [1.54, 1.807) is 6.07 Å². The van der Waals surface area contributed by atoms with Gasteiger partial charge in [0.1, 0.15) is 22.5 Å². The van der Waals surface area contributed by atoms with Crippen LogP contribution in [0.1, 0.15) is 30.9 Å². The summed E-state index contributed by atoms with van der Waals surface area (Å²) in [6.45, 7) is 4.17. The van der Waals surface area contributed by atoms with Gasteiger partial charge in [0.15, 0.2) is 0 Å². The van der Waals surface area contributed by atoms with Gasteiger partial charge in [-0.05, 0) is 49.1 Å². The number of hydrogen-bond donors (Lipinski definition) is 1. The van der Waals surface area contributed by atoms with Gasteiger partial charge >= 0.3 is 0 Å². The molecule has 108 valence electrons. The van der Waals surface area contributed by atoms with E-state index in [2.05, 4.69) is 23.2 Å². The van der Waals surface area contributed by atoms with E-state index < -0.39 is 0 Å². The van der Waals surface area contributed by atoms with Crippen LogP contribution in [0.5, 0.6) is 5.75 Å². The second-order valence-electron chi connectivity index (χ2n) is 5.37. The average molecular weight is 281 g/mol. The third kappa shape index (κ3) is 2.61. The van der Waals surface area contributed by atoms with Gasteiger partial charge in [-0.25, -0.2) is 0 Å². The summed E-state index contributed by atoms with van der Waals surface area (Å²) in [5.74, 6) is 0.191. The molecule has 1 aromatic heterocycles. The number of aromatic hydroxyl groups is 1. The number of rotatable bonds is 4. The quantitative estimate of drug-likeness (QED) is 0.791. The normalized spacial score (nSPS) is 11.1. The first-order valence-electron chi connectivity index (χ1n) is 7.34. The number of unbranched alkanes of at least 4 members (excludes halogenated alkanes) is 1. The van der Waals surface area contributed by atoms with Crippen molar-refractivity contribution in [3.8, 4) is 11.4 Å². The lowest BCUT2D eigenvalue weighted by Crippen LogP contribution is -1.99. The van der Waals surface area contributed by atoms with E-state index in [1.807, 2.05) is 31.2 Å². The van der Waals surface area contributed by atoms with Crippen LogP contribution in [-0.2, 0) is 6.42 Å². The number of phenols is 1. The Morgan fingerprint density at radius 1 is 1.14 bits per heavy atom. The summed E-state index contributed by atoms with van der Waals surface area (Å²) in [7, 11) is 0. The second kappa shape index (κ2) is 5.56. The van der Waals surface area contributed by atoms with Crippen LogP contribution in [0, 0.1) is 6.92 Å². The Balaban J connectivity index is 2.10. The smallest absolute Gasteiger partial charge is 0.143 e. The van der Waals surface area contributed by atoms with Gasteiger partial charge in [-0.1, -0.05) is 31.5 Å². The van der Waals surface area contributed by atoms with Gasteiger partial charge in [-0.2, -0.15) is 0 Å². The minimum atomic E-state index is 0.191. The second-order valence-corrected chi connectivity index (χ2v) is 5.37. The number of aryl methyl sites for hydroxylation is 2. The molecule has 0 amide bonds. The lowest BCUT2D eigenvalue weighted by Gasteiger charge is -2.03. The minimum Gasteiger partial charge on any atom is -0.506 e. The fourth-order valence-electron chi connectivity index (χ4n) is 2.46. The van der Waals surface area contributed by atoms with Crippen molar-refractivity contribution in [1.29, 1.82) is 0 Å². The molecule has 2 aromatic carbocycles. The molecule has 3 aromatic rings. The molecule has 1 N–H and O–H groups in total. The molecule has 0 fully saturated rings. The van der Waals surface area contributed by atoms with Crippen LogP contribution in [0.25, 0.3) is 16.7 Å². The van der Waals surface area contributed by atoms with Gasteiger partial charge in [0.25, 0.3) is 0 Å². The minimum absolute atomic E-state index is 0.191. The molecule has 0 aliphatic heterocycles. The number of phenolic OH excluding ortho intramolecular Hbond substituents is 1. The summed E-state index contributed by atoms with van der Waals surface area (Å²) in [5, 5.41) is 19.1. The van der Waals surface area contributed by atoms with Crippen molar-refractivity contribution in [3.63, 3.8) is 0 Å². The van der Waals surface area contributed by atoms with E-state index in [-0.39, 0.29) is 5.75 Å². The molecule has 4 nitrogen and oxygen atoms in total. The van der Waals surface area contributed by atoms with E-state index in [0.29, 0.717) is 5.69 Å². The van der Waals surface area contributed by atoms with E-state index in [9.17, 15) is 5.11 Å². The molecule has 0 bridgehead atoms. The van der Waals surface area contributed by atoms with Crippen molar-refractivity contribution < 1.29 is 5.11 Å². The van der Waals surface area contributed by atoms with Crippen molar-refractivity contribution in [1.82, 2.24) is 15.0 Å². The first kappa shape index (κ1) is 13.6. The lowest BCUT2D eigenvalue weighted by atomic mass is 10.1. The number of aromatic nitrogens is 3. The standard InChI is InChI=1S/C17H19N3O/c1-3-4-6-13-7-5-8-14-17(13)19-20(18-14)15-11-12(2)9-10-16(15)21/h5,7-11,21H,3-4,6H2,1-2H3. The maximum Gasteiger partial charge on any atom is 0.143 e. The summed E-state index contributed by atoms with van der Waals surface area (Å²) in [6.07, 6.45) is 3.30. The topological polar surface area (TPSA) is 50.9 Å². The number of hydrogen-bond acceptors (Lipinski definition) is 3. The predicted octanol–water partition coefficient (Wildman–Crippen LogP) is 3.78. The van der Waals surface area contributed by atoms with Gasteiger partial charge in [-0.3, -0.25) is 0 Å². The molecule has 0 unspecified atom stereocenters. The summed E-state index contributed by atoms with van der Waals surface area (Å²) >= 11 is 0. The number of benzene rings is 2. The van der Waals surface area contributed by atoms with Gasteiger partial charge in [0.05, 0.1) is 0 Å². The Hall–Kier alpha value is -2.36. The highest BCUT2D eigenvalue weighted by Gasteiger charge is 2.11. The molecule has 0 spiro atoms. The third-order valence-electron chi connectivity index (χ3n) is 3.64. The molecular weight excluding hydrogens is 262 g/mol. The first-order valence-corrected chi connectivity index (χ1v) is 7.34. The highest BCUT2D eigenvalue weighted by molar-refractivity contribution is 5.77. The zero-order valence-corrected chi connectivity index (χ0v) is 12.4. The molecule has 1 heterocycles. The molecule has 21 heavy (non-hydrogen) atoms. The monoisotopic (exact) mass is 281 g/mol. The number of fused-ring (bicyclic) bond motifs is 1. The molecule has 0 aliphatic rings. The molecule has 4 heteroatoms. The van der Waals surface area contributed by atoms with Crippen LogP contribution in [0.4, 0.5) is 0 Å². The van der Waals surface area contributed by atoms with Gasteiger partial charge < -0.3 is 5.11 Å². The zero-order valence-electron chi connectivity index (χ0n) is 12.4. The molecule has 0 radical (unpaired) electrons. The molecule has 0 saturated heterocycles. The van der Waals surface area contributed by atoms with E-state index in [4.69, 9.17) is 0 Å². The SMILES string of the molecule is CCCCc1cccc2nn(-c3cc(C)ccc3O)nc12. The zero-order chi connectivity index (χ0) is 14.8. The van der Waals surface area contributed by atoms with Crippen molar-refractivity contribution in [2.24, 2.45) is 0 Å². The Kier molecular flexibility index (Phi) is 3.60. The summed E-state index contributed by atoms with van der Waals surface area (Å²) in [5.41, 5.74) is 4.69. The average Bonchev–Trinajstić information content (AvgIpc) is 2.92. The molecule has 3 rings (SSSR count). The van der Waals surface area contributed by atoms with Crippen LogP contribution in [-0.4, -0.2) is 20.1 Å². The van der Waals surface area contributed by atoms with Gasteiger partial charge in [0, 0.05) is 0 Å². The first-order chi connectivity index (χ1) is 10.2. The van der Waals surface area contributed by atoms with Crippen LogP contribution < -0.4 is 0 Å². The fraction of sp³-hybridized carbons (Fsp3) is 0.294. The van der Waals surface area contributed by atoms with Gasteiger partial charge in [0.2, 0.25) is 0 Å². The van der Waals surface area contributed by atoms with Crippen LogP contribution >= 0.6 is 0 Å². The Morgan fingerprint density at radius 2 is 2.00 bits per heavy atom. The fourth-order valence-corrected chi connectivity index (χ4v) is 2.46. The maximum absolute atomic E-state index is 10.0. The van der Waals surface area contributed by atoms with Crippen LogP contribution in [0.15, 0.2) is 36.4 Å². The van der Waals surface area contributed by atoms with E-state index in [1.165, 1.54) is 10.4 Å². The third-order valence-corrected chi connectivity index (χ3v) is 3.64. The maximum atomic E-state index is 10.0. The molecule has 0 atom stereocenters. The van der Waals surface area contributed by atoms with E-state index in [0.717, 1.165) is 35.9 Å². The van der Waals surface area contributed by atoms with Crippen LogP contribution in [0.2, 0.25) is 0 Å². The molecule has 0 saturated carbocycles. The highest BCUT2D eigenvalue weighted by Crippen LogP contribution is 2.24. The lowest BCUT2D eigenvalue weighted by molar-refractivity contribution is 0.467. The summed E-state index contributed by atoms with van der Waals surface area (Å²) < 4.78 is 0. The molecular formula is C17H19N3O. The van der Waals surface area contributed by atoms with Gasteiger partial charge in [-0.15, -0.1) is 15.0 Å². The van der Waals surface area contributed by atoms with Crippen LogP contribution in [0.3, 0.4) is 0 Å². The van der Waals surface area contributed by atoms with Crippen molar-refractivity contribution >= 4 is 11.0 Å². The highest BCUT2D eigenvalue weighted by atomic mass is 16.3. The summed E-state index contributed by atoms with van der Waals surface area (Å²) in [4.78, 5) is 1.53.